The second-order valence-electron chi connectivity index (χ2n) is 3.48. The number of aromatic nitrogens is 5. The van der Waals surface area contributed by atoms with Crippen LogP contribution in [0.3, 0.4) is 0 Å². The van der Waals surface area contributed by atoms with E-state index in [1.165, 1.54) is 4.52 Å². The third kappa shape index (κ3) is 1.88. The zero-order valence-corrected chi connectivity index (χ0v) is 9.19. The monoisotopic (exact) mass is 240 g/mol. The van der Waals surface area contributed by atoms with Crippen LogP contribution in [0, 0.1) is 0 Å². The Hall–Kier alpha value is -2.83. The van der Waals surface area contributed by atoms with Gasteiger partial charge >= 0.3 is 0 Å². The molecule has 3 aromatic heterocycles. The molecule has 0 aromatic carbocycles. The van der Waals surface area contributed by atoms with E-state index in [0.717, 1.165) is 0 Å². The maximum absolute atomic E-state index is 11.9. The number of hydrogen-bond donors (Lipinski definition) is 1. The minimum Gasteiger partial charge on any atom is -0.289 e. The molecule has 0 saturated heterocycles. The van der Waals surface area contributed by atoms with E-state index in [9.17, 15) is 4.79 Å². The first kappa shape index (κ1) is 10.3. The van der Waals surface area contributed by atoms with Gasteiger partial charge in [-0.3, -0.25) is 10.1 Å². The smallest absolute Gasteiger partial charge is 0.278 e. The molecular weight excluding hydrogens is 232 g/mol. The number of hydrogen-bond acceptors (Lipinski definition) is 5. The van der Waals surface area contributed by atoms with E-state index in [4.69, 9.17) is 0 Å². The molecule has 3 heterocycles. The van der Waals surface area contributed by atoms with E-state index in [1.807, 2.05) is 0 Å². The SMILES string of the molecule is O=C(Nc1ncccn1)c1cc2ncccn2n1. The van der Waals surface area contributed by atoms with Crippen molar-refractivity contribution in [1.82, 2.24) is 24.6 Å². The van der Waals surface area contributed by atoms with Gasteiger partial charge in [0.25, 0.3) is 5.91 Å². The number of anilines is 1. The van der Waals surface area contributed by atoms with Gasteiger partial charge in [0.15, 0.2) is 11.3 Å². The Morgan fingerprint density at radius 3 is 2.67 bits per heavy atom. The first-order valence-corrected chi connectivity index (χ1v) is 5.22. The van der Waals surface area contributed by atoms with Crippen LogP contribution < -0.4 is 5.32 Å². The fourth-order valence-corrected chi connectivity index (χ4v) is 1.47. The highest BCUT2D eigenvalue weighted by Gasteiger charge is 2.12. The summed E-state index contributed by atoms with van der Waals surface area (Å²) in [4.78, 5) is 23.8. The summed E-state index contributed by atoms with van der Waals surface area (Å²) >= 11 is 0. The second-order valence-corrected chi connectivity index (χ2v) is 3.48. The Labute approximate surface area is 102 Å². The molecule has 3 aromatic rings. The summed E-state index contributed by atoms with van der Waals surface area (Å²) in [5.74, 6) is -0.126. The van der Waals surface area contributed by atoms with Crippen LogP contribution in [-0.2, 0) is 0 Å². The van der Waals surface area contributed by atoms with Gasteiger partial charge in [-0.25, -0.2) is 19.5 Å². The molecule has 0 radical (unpaired) electrons. The van der Waals surface area contributed by atoms with Gasteiger partial charge in [-0.1, -0.05) is 0 Å². The number of nitrogens with one attached hydrogen (secondary N) is 1. The van der Waals surface area contributed by atoms with Crippen LogP contribution in [0.2, 0.25) is 0 Å². The molecule has 0 aliphatic carbocycles. The average Bonchev–Trinajstić information content (AvgIpc) is 2.84. The topological polar surface area (TPSA) is 85.1 Å². The average molecular weight is 240 g/mol. The van der Waals surface area contributed by atoms with Crippen LogP contribution in [0.25, 0.3) is 5.65 Å². The Morgan fingerprint density at radius 2 is 1.89 bits per heavy atom. The number of carbonyl (C=O) groups is 1. The lowest BCUT2D eigenvalue weighted by atomic mass is 10.4. The summed E-state index contributed by atoms with van der Waals surface area (Å²) in [5.41, 5.74) is 0.873. The van der Waals surface area contributed by atoms with E-state index < -0.39 is 0 Å². The number of carbonyl (C=O) groups excluding carboxylic acids is 1. The second kappa shape index (κ2) is 4.21. The molecular formula is C11H8N6O. The molecule has 1 N–H and O–H groups in total. The van der Waals surface area contributed by atoms with Gasteiger partial charge in [0.2, 0.25) is 5.95 Å². The van der Waals surface area contributed by atoms with Gasteiger partial charge in [-0.05, 0) is 12.1 Å². The van der Waals surface area contributed by atoms with Crippen molar-refractivity contribution in [3.05, 3.63) is 48.7 Å². The van der Waals surface area contributed by atoms with E-state index in [1.54, 1.807) is 43.0 Å². The van der Waals surface area contributed by atoms with Crippen molar-refractivity contribution in [3.8, 4) is 0 Å². The maximum Gasteiger partial charge on any atom is 0.278 e. The van der Waals surface area contributed by atoms with Crippen molar-refractivity contribution < 1.29 is 4.79 Å². The molecule has 7 heteroatoms. The highest BCUT2D eigenvalue weighted by molar-refractivity contribution is 6.02. The summed E-state index contributed by atoms with van der Waals surface area (Å²) in [6.45, 7) is 0. The Morgan fingerprint density at radius 1 is 1.11 bits per heavy atom. The molecule has 0 fully saturated rings. The van der Waals surface area contributed by atoms with E-state index in [2.05, 4.69) is 25.4 Å². The predicted molar refractivity (Wildman–Crippen MR) is 63.0 cm³/mol. The number of fused-ring (bicyclic) bond motifs is 1. The summed E-state index contributed by atoms with van der Waals surface area (Å²) in [5, 5.41) is 6.65. The standard InChI is InChI=1S/C11H8N6O/c18-10(15-11-13-3-1-4-14-11)8-7-9-12-5-2-6-17(9)16-8/h1-7H,(H,13,14,15,18). The highest BCUT2D eigenvalue weighted by atomic mass is 16.2. The fourth-order valence-electron chi connectivity index (χ4n) is 1.47. The van der Waals surface area contributed by atoms with Crippen molar-refractivity contribution >= 4 is 17.5 Å². The zero-order valence-electron chi connectivity index (χ0n) is 9.19. The van der Waals surface area contributed by atoms with Gasteiger partial charge in [0, 0.05) is 30.9 Å². The molecule has 88 valence electrons. The molecule has 0 unspecified atom stereocenters. The summed E-state index contributed by atoms with van der Waals surface area (Å²) < 4.78 is 1.53. The van der Waals surface area contributed by atoms with Crippen molar-refractivity contribution in [3.63, 3.8) is 0 Å². The molecule has 3 rings (SSSR count). The lowest BCUT2D eigenvalue weighted by Crippen LogP contribution is -2.14. The van der Waals surface area contributed by atoms with Gasteiger partial charge in [-0.15, -0.1) is 0 Å². The van der Waals surface area contributed by atoms with Gasteiger partial charge in [0.1, 0.15) is 0 Å². The maximum atomic E-state index is 11.9. The summed E-state index contributed by atoms with van der Waals surface area (Å²) in [6, 6.07) is 5.00. The molecule has 0 atom stereocenters. The van der Waals surface area contributed by atoms with Crippen LogP contribution in [0.5, 0.6) is 0 Å². The molecule has 0 bridgehead atoms. The predicted octanol–water partition coefficient (Wildman–Crippen LogP) is 0.772. The van der Waals surface area contributed by atoms with Gasteiger partial charge < -0.3 is 0 Å². The molecule has 0 aliphatic heterocycles. The molecule has 7 nitrogen and oxygen atoms in total. The van der Waals surface area contributed by atoms with Gasteiger partial charge in [-0.2, -0.15) is 5.10 Å². The molecule has 0 saturated carbocycles. The van der Waals surface area contributed by atoms with Crippen LogP contribution in [0.4, 0.5) is 5.95 Å². The zero-order chi connectivity index (χ0) is 12.4. The van der Waals surface area contributed by atoms with Crippen molar-refractivity contribution in [2.75, 3.05) is 5.32 Å². The van der Waals surface area contributed by atoms with Crippen LogP contribution in [0.1, 0.15) is 10.5 Å². The molecule has 0 aliphatic rings. The molecule has 18 heavy (non-hydrogen) atoms. The minimum absolute atomic E-state index is 0.243. The lowest BCUT2D eigenvalue weighted by molar-refractivity contribution is 0.102. The van der Waals surface area contributed by atoms with Crippen LogP contribution in [-0.4, -0.2) is 30.5 Å². The third-order valence-electron chi connectivity index (χ3n) is 2.26. The quantitative estimate of drug-likeness (QED) is 0.715. The van der Waals surface area contributed by atoms with E-state index >= 15 is 0 Å². The van der Waals surface area contributed by atoms with Crippen LogP contribution in [0.15, 0.2) is 43.0 Å². The van der Waals surface area contributed by atoms with Crippen molar-refractivity contribution in [2.45, 2.75) is 0 Å². The summed E-state index contributed by atoms with van der Waals surface area (Å²) in [6.07, 6.45) is 6.46. The number of nitrogens with zero attached hydrogens (tertiary/aromatic N) is 5. The van der Waals surface area contributed by atoms with Crippen molar-refractivity contribution in [1.29, 1.82) is 0 Å². The Kier molecular flexibility index (Phi) is 2.41. The Balaban J connectivity index is 1.88. The number of amides is 1. The van der Waals surface area contributed by atoms with Crippen molar-refractivity contribution in [2.24, 2.45) is 0 Å². The first-order chi connectivity index (χ1) is 8.83. The first-order valence-electron chi connectivity index (χ1n) is 5.22. The highest BCUT2D eigenvalue weighted by Crippen LogP contribution is 2.05. The Bertz CT molecular complexity index is 660. The molecule has 0 spiro atoms. The van der Waals surface area contributed by atoms with E-state index in [0.29, 0.717) is 5.65 Å². The number of rotatable bonds is 2. The largest absolute Gasteiger partial charge is 0.289 e. The van der Waals surface area contributed by atoms with Gasteiger partial charge in [0.05, 0.1) is 0 Å². The minimum atomic E-state index is -0.369. The molecule has 1 amide bonds. The normalized spacial score (nSPS) is 10.4. The lowest BCUT2D eigenvalue weighted by Gasteiger charge is -1.98. The third-order valence-corrected chi connectivity index (χ3v) is 2.26. The fraction of sp³-hybridized carbons (Fsp3) is 0. The van der Waals surface area contributed by atoms with Crippen LogP contribution >= 0.6 is 0 Å². The van der Waals surface area contributed by atoms with E-state index in [-0.39, 0.29) is 17.5 Å². The summed E-state index contributed by atoms with van der Waals surface area (Å²) in [7, 11) is 0.